The molecule has 0 saturated heterocycles. The number of carbonyl (C=O) groups is 2. The molecule has 21 heavy (non-hydrogen) atoms. The van der Waals surface area contributed by atoms with Crippen LogP contribution in [0.2, 0.25) is 0 Å². The highest BCUT2D eigenvalue weighted by Gasteiger charge is 2.11. The minimum Gasteiger partial charge on any atom is -0.478 e. The van der Waals surface area contributed by atoms with Gasteiger partial charge in [0.2, 0.25) is 0 Å². The smallest absolute Gasteiger partial charge is 0.328 e. The van der Waals surface area contributed by atoms with E-state index in [4.69, 9.17) is 5.11 Å². The Morgan fingerprint density at radius 3 is 2.62 bits per heavy atom. The average Bonchev–Trinajstić information content (AvgIpc) is 2.92. The number of thiophene rings is 1. The maximum absolute atomic E-state index is 12.8. The van der Waals surface area contributed by atoms with E-state index in [1.165, 1.54) is 29.5 Å². The van der Waals surface area contributed by atoms with Crippen molar-refractivity contribution < 1.29 is 19.1 Å². The fourth-order valence-electron chi connectivity index (χ4n) is 1.66. The Morgan fingerprint density at radius 2 is 1.95 bits per heavy atom. The summed E-state index contributed by atoms with van der Waals surface area (Å²) in [5, 5.41) is 13.0. The van der Waals surface area contributed by atoms with Gasteiger partial charge in [-0.05, 0) is 40.8 Å². The van der Waals surface area contributed by atoms with Crippen molar-refractivity contribution in [3.63, 3.8) is 0 Å². The number of benzene rings is 1. The number of carbonyl (C=O) groups excluding carboxylic acids is 1. The Bertz CT molecular complexity index is 676. The van der Waals surface area contributed by atoms with Crippen LogP contribution in [0.25, 0.3) is 6.08 Å². The molecule has 1 aromatic heterocycles. The van der Waals surface area contributed by atoms with Crippen molar-refractivity contribution >= 4 is 29.3 Å². The third-order valence-corrected chi connectivity index (χ3v) is 3.60. The summed E-state index contributed by atoms with van der Waals surface area (Å²) >= 11 is 1.23. The molecule has 1 heterocycles. The summed E-state index contributed by atoms with van der Waals surface area (Å²) in [4.78, 5) is 23.0. The molecule has 6 heteroatoms. The van der Waals surface area contributed by atoms with E-state index >= 15 is 0 Å². The summed E-state index contributed by atoms with van der Waals surface area (Å²) in [7, 11) is 0. The van der Waals surface area contributed by atoms with Crippen LogP contribution in [0.1, 0.15) is 20.8 Å². The first-order valence-corrected chi connectivity index (χ1v) is 6.95. The summed E-state index contributed by atoms with van der Waals surface area (Å²) in [5.41, 5.74) is 1.34. The molecular weight excluding hydrogens is 293 g/mol. The zero-order chi connectivity index (χ0) is 15.2. The van der Waals surface area contributed by atoms with Crippen LogP contribution >= 0.6 is 11.3 Å². The van der Waals surface area contributed by atoms with Crippen molar-refractivity contribution in [2.24, 2.45) is 0 Å². The zero-order valence-electron chi connectivity index (χ0n) is 10.9. The van der Waals surface area contributed by atoms with Gasteiger partial charge in [-0.15, -0.1) is 11.3 Å². The van der Waals surface area contributed by atoms with Crippen molar-refractivity contribution in [3.05, 3.63) is 63.6 Å². The molecule has 0 fully saturated rings. The van der Waals surface area contributed by atoms with E-state index in [9.17, 15) is 14.0 Å². The van der Waals surface area contributed by atoms with E-state index in [0.717, 1.165) is 11.6 Å². The van der Waals surface area contributed by atoms with E-state index < -0.39 is 5.97 Å². The number of carboxylic acids is 1. The lowest BCUT2D eigenvalue weighted by Crippen LogP contribution is -2.22. The Labute approximate surface area is 124 Å². The third kappa shape index (κ3) is 4.25. The molecule has 1 aromatic carbocycles. The Balaban J connectivity index is 2.02. The fourth-order valence-corrected chi connectivity index (χ4v) is 2.46. The molecule has 108 valence electrons. The largest absolute Gasteiger partial charge is 0.478 e. The first-order valence-electron chi connectivity index (χ1n) is 6.07. The minimum atomic E-state index is -1.07. The second kappa shape index (κ2) is 6.81. The summed E-state index contributed by atoms with van der Waals surface area (Å²) in [6.45, 7) is 0.277. The van der Waals surface area contributed by atoms with Gasteiger partial charge >= 0.3 is 5.97 Å². The lowest BCUT2D eigenvalue weighted by Gasteiger charge is -2.05. The number of rotatable bonds is 5. The average molecular weight is 305 g/mol. The monoisotopic (exact) mass is 305 g/mol. The van der Waals surface area contributed by atoms with E-state index in [1.54, 1.807) is 23.6 Å². The van der Waals surface area contributed by atoms with Crippen LogP contribution in [0.3, 0.4) is 0 Å². The number of carboxylic acid groups (broad SMARTS) is 1. The molecule has 0 aliphatic heterocycles. The van der Waals surface area contributed by atoms with E-state index in [2.05, 4.69) is 5.32 Å². The van der Waals surface area contributed by atoms with Crippen LogP contribution in [0, 0.1) is 5.82 Å². The summed E-state index contributed by atoms with van der Waals surface area (Å²) in [6, 6.07) is 7.52. The maximum Gasteiger partial charge on any atom is 0.328 e. The molecule has 2 aromatic rings. The van der Waals surface area contributed by atoms with Crippen LogP contribution in [-0.4, -0.2) is 17.0 Å². The second-order valence-electron chi connectivity index (χ2n) is 4.19. The van der Waals surface area contributed by atoms with E-state index in [1.807, 2.05) is 0 Å². The van der Waals surface area contributed by atoms with Crippen molar-refractivity contribution in [2.45, 2.75) is 6.54 Å². The summed E-state index contributed by atoms with van der Waals surface area (Å²) in [6.07, 6.45) is 2.37. The normalized spacial score (nSPS) is 10.7. The van der Waals surface area contributed by atoms with Crippen molar-refractivity contribution in [1.82, 2.24) is 5.32 Å². The number of halogens is 1. The lowest BCUT2D eigenvalue weighted by atomic mass is 10.2. The zero-order valence-corrected chi connectivity index (χ0v) is 11.7. The topological polar surface area (TPSA) is 66.4 Å². The van der Waals surface area contributed by atoms with Gasteiger partial charge in [-0.25, -0.2) is 9.18 Å². The predicted molar refractivity (Wildman–Crippen MR) is 78.6 cm³/mol. The highest BCUT2D eigenvalue weighted by molar-refractivity contribution is 7.12. The quantitative estimate of drug-likeness (QED) is 0.835. The Kier molecular flexibility index (Phi) is 4.84. The number of hydrogen-bond acceptors (Lipinski definition) is 3. The van der Waals surface area contributed by atoms with Crippen LogP contribution in [0.4, 0.5) is 4.39 Å². The summed E-state index contributed by atoms with van der Waals surface area (Å²) < 4.78 is 12.8. The Morgan fingerprint density at radius 1 is 1.24 bits per heavy atom. The Hall–Kier alpha value is -2.47. The SMILES string of the molecule is O=C(O)C=Cc1ccsc1C(=O)NCc1ccc(F)cc1. The molecule has 1 amide bonds. The fraction of sp³-hybridized carbons (Fsp3) is 0.0667. The van der Waals surface area contributed by atoms with Gasteiger partial charge in [0.15, 0.2) is 0 Å². The molecule has 2 N–H and O–H groups in total. The maximum atomic E-state index is 12.8. The van der Waals surface area contributed by atoms with Gasteiger partial charge in [-0.3, -0.25) is 4.79 Å². The van der Waals surface area contributed by atoms with Crippen LogP contribution < -0.4 is 5.32 Å². The number of hydrogen-bond donors (Lipinski definition) is 2. The molecule has 0 saturated carbocycles. The van der Waals surface area contributed by atoms with Gasteiger partial charge in [0, 0.05) is 12.6 Å². The van der Waals surface area contributed by atoms with Crippen molar-refractivity contribution in [2.75, 3.05) is 0 Å². The molecule has 0 bridgehead atoms. The number of nitrogens with one attached hydrogen (secondary N) is 1. The van der Waals surface area contributed by atoms with E-state index in [-0.39, 0.29) is 18.3 Å². The standard InChI is InChI=1S/C15H12FNO3S/c16-12-4-1-10(2-5-12)9-17-15(20)14-11(7-8-21-14)3-6-13(18)19/h1-8H,9H2,(H,17,20)(H,18,19). The molecule has 0 atom stereocenters. The van der Waals surface area contributed by atoms with E-state index in [0.29, 0.717) is 10.4 Å². The number of aliphatic carboxylic acids is 1. The third-order valence-electron chi connectivity index (χ3n) is 2.67. The second-order valence-corrected chi connectivity index (χ2v) is 5.10. The molecule has 0 aliphatic carbocycles. The van der Waals surface area contributed by atoms with Crippen LogP contribution in [0.15, 0.2) is 41.8 Å². The molecule has 2 rings (SSSR count). The molecule has 0 unspecified atom stereocenters. The molecule has 0 aliphatic rings. The van der Waals surface area contributed by atoms with Crippen LogP contribution in [-0.2, 0) is 11.3 Å². The minimum absolute atomic E-state index is 0.277. The first-order chi connectivity index (χ1) is 10.1. The van der Waals surface area contributed by atoms with Gasteiger partial charge < -0.3 is 10.4 Å². The molecular formula is C15H12FNO3S. The highest BCUT2D eigenvalue weighted by atomic mass is 32.1. The van der Waals surface area contributed by atoms with Gasteiger partial charge in [0.1, 0.15) is 5.82 Å². The summed E-state index contributed by atoms with van der Waals surface area (Å²) in [5.74, 6) is -1.69. The lowest BCUT2D eigenvalue weighted by molar-refractivity contribution is -0.131. The predicted octanol–water partition coefficient (Wildman–Crippen LogP) is 2.92. The van der Waals surface area contributed by atoms with Gasteiger partial charge in [-0.2, -0.15) is 0 Å². The van der Waals surface area contributed by atoms with Gasteiger partial charge in [0.05, 0.1) is 4.88 Å². The number of amides is 1. The van der Waals surface area contributed by atoms with Gasteiger partial charge in [0.25, 0.3) is 5.91 Å². The van der Waals surface area contributed by atoms with Crippen molar-refractivity contribution in [1.29, 1.82) is 0 Å². The first kappa shape index (κ1) is 14.9. The highest BCUT2D eigenvalue weighted by Crippen LogP contribution is 2.18. The van der Waals surface area contributed by atoms with Gasteiger partial charge in [-0.1, -0.05) is 12.1 Å². The molecule has 0 radical (unpaired) electrons. The molecule has 4 nitrogen and oxygen atoms in total. The molecule has 0 spiro atoms. The van der Waals surface area contributed by atoms with Crippen molar-refractivity contribution in [3.8, 4) is 0 Å². The van der Waals surface area contributed by atoms with Crippen LogP contribution in [0.5, 0.6) is 0 Å².